The predicted molar refractivity (Wildman–Crippen MR) is 100 cm³/mol. The van der Waals surface area contributed by atoms with E-state index in [1.165, 1.54) is 27.7 Å². The van der Waals surface area contributed by atoms with Crippen LogP contribution in [0.15, 0.2) is 54.6 Å². The molecule has 126 valence electrons. The van der Waals surface area contributed by atoms with Gasteiger partial charge >= 0.3 is 0 Å². The van der Waals surface area contributed by atoms with Crippen LogP contribution in [0.5, 0.6) is 0 Å². The summed E-state index contributed by atoms with van der Waals surface area (Å²) < 4.78 is 8.56. The SMILES string of the molecule is Cc1ccc(C(OCCN(C)C)c2cc3ccccc3n2C)cc1. The molecule has 1 atom stereocenters. The number of aryl methyl sites for hydroxylation is 2. The van der Waals surface area contributed by atoms with E-state index in [1.54, 1.807) is 0 Å². The third kappa shape index (κ3) is 3.53. The number of para-hydroxylation sites is 1. The van der Waals surface area contributed by atoms with Crippen LogP contribution in [-0.4, -0.2) is 36.7 Å². The highest BCUT2D eigenvalue weighted by Gasteiger charge is 2.19. The standard InChI is InChI=1S/C21H26N2O/c1-16-9-11-17(12-10-16)21(24-14-13-22(2)3)20-15-18-7-5-6-8-19(18)23(20)4/h5-12,15,21H,13-14H2,1-4H3. The second-order valence-corrected chi connectivity index (χ2v) is 6.65. The molecular weight excluding hydrogens is 296 g/mol. The van der Waals surface area contributed by atoms with Crippen molar-refractivity contribution in [1.82, 2.24) is 9.47 Å². The molecule has 0 fully saturated rings. The molecule has 0 aliphatic carbocycles. The van der Waals surface area contributed by atoms with Crippen molar-refractivity contribution in [3.8, 4) is 0 Å². The van der Waals surface area contributed by atoms with Crippen LogP contribution in [-0.2, 0) is 11.8 Å². The van der Waals surface area contributed by atoms with Crippen LogP contribution in [0.1, 0.15) is 22.9 Å². The van der Waals surface area contributed by atoms with E-state index in [0.717, 1.165) is 6.54 Å². The Morgan fingerprint density at radius 1 is 1.04 bits per heavy atom. The molecule has 1 heterocycles. The van der Waals surface area contributed by atoms with E-state index in [2.05, 4.69) is 92.1 Å². The monoisotopic (exact) mass is 322 g/mol. The van der Waals surface area contributed by atoms with Crippen molar-refractivity contribution in [1.29, 1.82) is 0 Å². The van der Waals surface area contributed by atoms with Crippen LogP contribution in [0.25, 0.3) is 10.9 Å². The lowest BCUT2D eigenvalue weighted by molar-refractivity contribution is 0.0647. The van der Waals surface area contributed by atoms with Crippen LogP contribution in [0.3, 0.4) is 0 Å². The summed E-state index contributed by atoms with van der Waals surface area (Å²) in [6, 6.07) is 19.4. The average molecular weight is 322 g/mol. The first-order valence-electron chi connectivity index (χ1n) is 8.43. The maximum Gasteiger partial charge on any atom is 0.123 e. The molecule has 3 rings (SSSR count). The van der Waals surface area contributed by atoms with Gasteiger partial charge in [0.15, 0.2) is 0 Å². The van der Waals surface area contributed by atoms with Crippen LogP contribution < -0.4 is 0 Å². The van der Waals surface area contributed by atoms with Gasteiger partial charge in [-0.25, -0.2) is 0 Å². The smallest absolute Gasteiger partial charge is 0.123 e. The Balaban J connectivity index is 1.98. The molecule has 0 saturated carbocycles. The predicted octanol–water partition coefficient (Wildman–Crippen LogP) is 4.15. The fourth-order valence-electron chi connectivity index (χ4n) is 3.01. The largest absolute Gasteiger partial charge is 0.366 e. The third-order valence-corrected chi connectivity index (χ3v) is 4.46. The summed E-state index contributed by atoms with van der Waals surface area (Å²) in [6.45, 7) is 3.72. The van der Waals surface area contributed by atoms with Gasteiger partial charge in [-0.05, 0) is 44.1 Å². The van der Waals surface area contributed by atoms with E-state index in [9.17, 15) is 0 Å². The van der Waals surface area contributed by atoms with Crippen LogP contribution in [0.4, 0.5) is 0 Å². The van der Waals surface area contributed by atoms with Gasteiger partial charge in [-0.2, -0.15) is 0 Å². The Hall–Kier alpha value is -2.10. The normalized spacial score (nSPS) is 12.9. The first-order valence-corrected chi connectivity index (χ1v) is 8.43. The zero-order valence-corrected chi connectivity index (χ0v) is 15.0. The maximum absolute atomic E-state index is 6.31. The van der Waals surface area contributed by atoms with Crippen molar-refractivity contribution in [3.63, 3.8) is 0 Å². The number of hydrogen-bond acceptors (Lipinski definition) is 2. The Bertz CT molecular complexity index is 802. The Labute approximate surface area is 144 Å². The summed E-state index contributed by atoms with van der Waals surface area (Å²) in [5, 5.41) is 1.25. The van der Waals surface area contributed by atoms with Gasteiger partial charge in [0.05, 0.1) is 12.3 Å². The summed E-state index contributed by atoms with van der Waals surface area (Å²) in [7, 11) is 6.26. The number of benzene rings is 2. The molecule has 0 aliphatic heterocycles. The molecule has 2 aromatic carbocycles. The number of aromatic nitrogens is 1. The van der Waals surface area contributed by atoms with Crippen molar-refractivity contribution in [2.24, 2.45) is 7.05 Å². The molecule has 1 unspecified atom stereocenters. The number of fused-ring (bicyclic) bond motifs is 1. The molecule has 3 aromatic rings. The Morgan fingerprint density at radius 3 is 2.42 bits per heavy atom. The number of hydrogen-bond donors (Lipinski definition) is 0. The fraction of sp³-hybridized carbons (Fsp3) is 0.333. The molecule has 3 nitrogen and oxygen atoms in total. The molecule has 0 bridgehead atoms. The summed E-state index contributed by atoms with van der Waals surface area (Å²) in [6.07, 6.45) is -0.0528. The highest BCUT2D eigenvalue weighted by molar-refractivity contribution is 5.81. The van der Waals surface area contributed by atoms with Crippen molar-refractivity contribution >= 4 is 10.9 Å². The van der Waals surface area contributed by atoms with Gasteiger partial charge in [0.2, 0.25) is 0 Å². The number of ether oxygens (including phenoxy) is 1. The minimum Gasteiger partial charge on any atom is -0.366 e. The average Bonchev–Trinajstić information content (AvgIpc) is 2.90. The summed E-state index contributed by atoms with van der Waals surface area (Å²) in [5.41, 5.74) is 4.90. The van der Waals surface area contributed by atoms with Crippen LogP contribution in [0.2, 0.25) is 0 Å². The second kappa shape index (κ2) is 7.20. The van der Waals surface area contributed by atoms with E-state index < -0.39 is 0 Å². The molecule has 0 N–H and O–H groups in total. The Kier molecular flexibility index (Phi) is 5.03. The summed E-state index contributed by atoms with van der Waals surface area (Å²) in [5.74, 6) is 0. The first kappa shape index (κ1) is 16.7. The molecule has 24 heavy (non-hydrogen) atoms. The van der Waals surface area contributed by atoms with Crippen molar-refractivity contribution in [2.45, 2.75) is 13.0 Å². The van der Waals surface area contributed by atoms with E-state index in [4.69, 9.17) is 4.74 Å². The van der Waals surface area contributed by atoms with Crippen molar-refractivity contribution < 1.29 is 4.74 Å². The van der Waals surface area contributed by atoms with Crippen molar-refractivity contribution in [2.75, 3.05) is 27.2 Å². The van der Waals surface area contributed by atoms with Gasteiger partial charge in [-0.15, -0.1) is 0 Å². The molecule has 3 heteroatoms. The van der Waals surface area contributed by atoms with Gasteiger partial charge in [0, 0.05) is 19.1 Å². The lowest BCUT2D eigenvalue weighted by Crippen LogP contribution is -2.20. The second-order valence-electron chi connectivity index (χ2n) is 6.65. The van der Waals surface area contributed by atoms with Gasteiger partial charge < -0.3 is 14.2 Å². The minimum absolute atomic E-state index is 0.0528. The first-order chi connectivity index (χ1) is 11.6. The molecule has 0 spiro atoms. The van der Waals surface area contributed by atoms with Gasteiger partial charge in [-0.1, -0.05) is 48.0 Å². The lowest BCUT2D eigenvalue weighted by atomic mass is 10.0. The zero-order chi connectivity index (χ0) is 17.1. The third-order valence-electron chi connectivity index (χ3n) is 4.46. The van der Waals surface area contributed by atoms with Gasteiger partial charge in [0.25, 0.3) is 0 Å². The van der Waals surface area contributed by atoms with Gasteiger partial charge in [-0.3, -0.25) is 0 Å². The maximum atomic E-state index is 6.31. The van der Waals surface area contributed by atoms with Crippen molar-refractivity contribution in [3.05, 3.63) is 71.4 Å². The van der Waals surface area contributed by atoms with E-state index in [0.29, 0.717) is 6.61 Å². The molecule has 0 aliphatic rings. The zero-order valence-electron chi connectivity index (χ0n) is 15.0. The highest BCUT2D eigenvalue weighted by Crippen LogP contribution is 2.30. The van der Waals surface area contributed by atoms with Crippen LogP contribution >= 0.6 is 0 Å². The Morgan fingerprint density at radius 2 is 1.75 bits per heavy atom. The van der Waals surface area contributed by atoms with E-state index in [-0.39, 0.29) is 6.10 Å². The summed E-state index contributed by atoms with van der Waals surface area (Å²) >= 11 is 0. The lowest BCUT2D eigenvalue weighted by Gasteiger charge is -2.21. The van der Waals surface area contributed by atoms with Gasteiger partial charge in [0.1, 0.15) is 6.10 Å². The number of likely N-dealkylation sites (N-methyl/N-ethyl adjacent to an activating group) is 1. The fourth-order valence-corrected chi connectivity index (χ4v) is 3.01. The number of rotatable bonds is 6. The van der Waals surface area contributed by atoms with E-state index >= 15 is 0 Å². The molecule has 0 radical (unpaired) electrons. The van der Waals surface area contributed by atoms with Crippen LogP contribution in [0, 0.1) is 6.92 Å². The number of nitrogens with zero attached hydrogens (tertiary/aromatic N) is 2. The summed E-state index contributed by atoms with van der Waals surface area (Å²) in [4.78, 5) is 2.15. The minimum atomic E-state index is -0.0528. The quantitative estimate of drug-likeness (QED) is 0.678. The molecule has 0 saturated heterocycles. The molecular formula is C21H26N2O. The molecule has 0 amide bonds. The topological polar surface area (TPSA) is 17.4 Å². The highest BCUT2D eigenvalue weighted by atomic mass is 16.5. The molecule has 1 aromatic heterocycles. The van der Waals surface area contributed by atoms with E-state index in [1.807, 2.05) is 0 Å².